The van der Waals surface area contributed by atoms with Gasteiger partial charge in [0.05, 0.1) is 22.9 Å². The van der Waals surface area contributed by atoms with Gasteiger partial charge in [0.1, 0.15) is 5.82 Å². The third-order valence-corrected chi connectivity index (χ3v) is 3.34. The molecule has 0 saturated heterocycles. The number of imidazole rings is 1. The zero-order chi connectivity index (χ0) is 12.7. The number of benzene rings is 1. The summed E-state index contributed by atoms with van der Waals surface area (Å²) in [6.45, 7) is 2.46. The molecule has 0 radical (unpaired) electrons. The Hall–Kier alpha value is -2.14. The third kappa shape index (κ3) is 1.52. The topological polar surface area (TPSA) is 72.5 Å². The molecule has 0 aliphatic heterocycles. The molecule has 92 valence electrons. The highest BCUT2D eigenvalue weighted by molar-refractivity contribution is 5.83. The van der Waals surface area contributed by atoms with Crippen molar-refractivity contribution in [1.82, 2.24) is 19.7 Å². The van der Waals surface area contributed by atoms with E-state index < -0.39 is 0 Å². The average Bonchev–Trinajstić information content (AvgIpc) is 2.95. The molecule has 0 aliphatic carbocycles. The highest BCUT2D eigenvalue weighted by Crippen LogP contribution is 2.25. The maximum atomic E-state index is 5.68. The molecule has 0 fully saturated rings. The van der Waals surface area contributed by atoms with E-state index in [9.17, 15) is 0 Å². The second kappa shape index (κ2) is 3.96. The van der Waals surface area contributed by atoms with E-state index in [1.807, 2.05) is 14.0 Å². The van der Waals surface area contributed by atoms with Crippen LogP contribution in [-0.4, -0.2) is 19.7 Å². The second-order valence-corrected chi connectivity index (χ2v) is 4.39. The summed E-state index contributed by atoms with van der Waals surface area (Å²) >= 11 is 0. The number of nitrogens with two attached hydrogens (primary N) is 1. The second-order valence-electron chi connectivity index (χ2n) is 4.39. The fraction of sp³-hybridized carbons (Fsp3) is 0.231. The van der Waals surface area contributed by atoms with Gasteiger partial charge >= 0.3 is 0 Å². The van der Waals surface area contributed by atoms with Crippen LogP contribution in [0.3, 0.4) is 0 Å². The number of rotatable bonds is 2. The van der Waals surface area contributed by atoms with Gasteiger partial charge in [-0.3, -0.25) is 5.10 Å². The van der Waals surface area contributed by atoms with E-state index in [0.29, 0.717) is 6.54 Å². The van der Waals surface area contributed by atoms with Crippen molar-refractivity contribution in [3.63, 3.8) is 0 Å². The molecule has 0 atom stereocenters. The van der Waals surface area contributed by atoms with Crippen LogP contribution in [0.4, 0.5) is 0 Å². The molecule has 0 saturated carbocycles. The highest BCUT2D eigenvalue weighted by atomic mass is 15.1. The Morgan fingerprint density at radius 3 is 3.00 bits per heavy atom. The molecule has 3 aromatic rings. The normalized spacial score (nSPS) is 11.3. The smallest absolute Gasteiger partial charge is 0.106 e. The molecule has 0 amide bonds. The van der Waals surface area contributed by atoms with Crippen LogP contribution < -0.4 is 5.73 Å². The Bertz CT molecular complexity index is 707. The van der Waals surface area contributed by atoms with Crippen LogP contribution in [0.5, 0.6) is 0 Å². The molecule has 0 bridgehead atoms. The Labute approximate surface area is 105 Å². The zero-order valence-corrected chi connectivity index (χ0v) is 10.4. The minimum Gasteiger partial charge on any atom is -0.331 e. The van der Waals surface area contributed by atoms with Gasteiger partial charge < -0.3 is 10.3 Å². The minimum absolute atomic E-state index is 0.453. The van der Waals surface area contributed by atoms with Gasteiger partial charge in [-0.05, 0) is 24.6 Å². The van der Waals surface area contributed by atoms with E-state index in [1.165, 1.54) is 0 Å². The van der Waals surface area contributed by atoms with Crippen LogP contribution in [0, 0.1) is 6.92 Å². The number of hydrogen-bond acceptors (Lipinski definition) is 3. The Morgan fingerprint density at radius 1 is 1.39 bits per heavy atom. The van der Waals surface area contributed by atoms with Gasteiger partial charge in [0, 0.05) is 19.2 Å². The summed E-state index contributed by atoms with van der Waals surface area (Å²) in [7, 11) is 2.02. The summed E-state index contributed by atoms with van der Waals surface area (Å²) in [6.07, 6.45) is 1.80. The lowest BCUT2D eigenvalue weighted by Crippen LogP contribution is -1.98. The van der Waals surface area contributed by atoms with Crippen molar-refractivity contribution in [3.05, 3.63) is 35.9 Å². The average molecular weight is 241 g/mol. The number of hydrogen-bond donors (Lipinski definition) is 2. The molecule has 3 rings (SSSR count). The molecular formula is C13H15N5. The standard InChI is InChI=1S/C13H15N5/c1-8-16-11-5-9(3-4-13(11)18(8)2)10-7-15-17-12(10)6-14/h3-5,7H,6,14H2,1-2H3,(H,15,17). The van der Waals surface area contributed by atoms with Gasteiger partial charge in [0.2, 0.25) is 0 Å². The van der Waals surface area contributed by atoms with Crippen LogP contribution in [0.1, 0.15) is 11.5 Å². The molecule has 2 aromatic heterocycles. The largest absolute Gasteiger partial charge is 0.331 e. The van der Waals surface area contributed by atoms with Crippen LogP contribution in [0.15, 0.2) is 24.4 Å². The van der Waals surface area contributed by atoms with Crippen molar-refractivity contribution in [2.75, 3.05) is 0 Å². The first kappa shape index (κ1) is 11.0. The van der Waals surface area contributed by atoms with Crippen molar-refractivity contribution in [1.29, 1.82) is 0 Å². The zero-order valence-electron chi connectivity index (χ0n) is 10.4. The van der Waals surface area contributed by atoms with Crippen molar-refractivity contribution < 1.29 is 0 Å². The molecule has 5 nitrogen and oxygen atoms in total. The SMILES string of the molecule is Cc1nc2cc(-c3cn[nH]c3CN)ccc2n1C. The highest BCUT2D eigenvalue weighted by Gasteiger charge is 2.09. The molecule has 3 N–H and O–H groups in total. The van der Waals surface area contributed by atoms with E-state index in [0.717, 1.165) is 33.7 Å². The van der Waals surface area contributed by atoms with Crippen molar-refractivity contribution in [3.8, 4) is 11.1 Å². The molecule has 1 aromatic carbocycles. The number of H-pyrrole nitrogens is 1. The molecule has 0 unspecified atom stereocenters. The van der Waals surface area contributed by atoms with E-state index >= 15 is 0 Å². The summed E-state index contributed by atoms with van der Waals surface area (Å²) in [5.41, 5.74) is 10.9. The van der Waals surface area contributed by atoms with E-state index in [2.05, 4.69) is 37.9 Å². The molecule has 5 heteroatoms. The maximum Gasteiger partial charge on any atom is 0.106 e. The number of fused-ring (bicyclic) bond motifs is 1. The fourth-order valence-corrected chi connectivity index (χ4v) is 2.21. The van der Waals surface area contributed by atoms with Gasteiger partial charge in [-0.25, -0.2) is 4.98 Å². The monoisotopic (exact) mass is 241 g/mol. The van der Waals surface area contributed by atoms with Crippen LogP contribution in [0.2, 0.25) is 0 Å². The van der Waals surface area contributed by atoms with Gasteiger partial charge in [0.25, 0.3) is 0 Å². The molecule has 2 heterocycles. The van der Waals surface area contributed by atoms with Gasteiger partial charge in [-0.15, -0.1) is 0 Å². The van der Waals surface area contributed by atoms with E-state index in [1.54, 1.807) is 6.20 Å². The first-order valence-corrected chi connectivity index (χ1v) is 5.86. The van der Waals surface area contributed by atoms with E-state index in [-0.39, 0.29) is 0 Å². The van der Waals surface area contributed by atoms with E-state index in [4.69, 9.17) is 5.73 Å². The van der Waals surface area contributed by atoms with Gasteiger partial charge in [-0.2, -0.15) is 5.10 Å². The number of aryl methyl sites for hydroxylation is 2. The van der Waals surface area contributed by atoms with Crippen molar-refractivity contribution in [2.24, 2.45) is 12.8 Å². The lowest BCUT2D eigenvalue weighted by atomic mass is 10.1. The predicted molar refractivity (Wildman–Crippen MR) is 70.9 cm³/mol. The summed E-state index contributed by atoms with van der Waals surface area (Å²) in [6, 6.07) is 6.23. The number of nitrogens with one attached hydrogen (secondary N) is 1. The predicted octanol–water partition coefficient (Wildman–Crippen LogP) is 1.73. The first-order chi connectivity index (χ1) is 8.70. The molecule has 0 aliphatic rings. The number of aromatic nitrogens is 4. The third-order valence-electron chi connectivity index (χ3n) is 3.34. The van der Waals surface area contributed by atoms with Gasteiger partial charge in [0.15, 0.2) is 0 Å². The van der Waals surface area contributed by atoms with Crippen molar-refractivity contribution in [2.45, 2.75) is 13.5 Å². The maximum absolute atomic E-state index is 5.68. The summed E-state index contributed by atoms with van der Waals surface area (Å²) in [5, 5.41) is 6.96. The Morgan fingerprint density at radius 2 is 2.22 bits per heavy atom. The molecular weight excluding hydrogens is 226 g/mol. The Balaban J connectivity index is 2.19. The van der Waals surface area contributed by atoms with Gasteiger partial charge in [-0.1, -0.05) is 6.07 Å². The number of nitrogens with zero attached hydrogens (tertiary/aromatic N) is 3. The van der Waals surface area contributed by atoms with Crippen LogP contribution >= 0.6 is 0 Å². The van der Waals surface area contributed by atoms with Crippen LogP contribution in [-0.2, 0) is 13.6 Å². The summed E-state index contributed by atoms with van der Waals surface area (Å²) in [5.74, 6) is 1.01. The summed E-state index contributed by atoms with van der Waals surface area (Å²) < 4.78 is 2.08. The minimum atomic E-state index is 0.453. The fourth-order valence-electron chi connectivity index (χ4n) is 2.21. The first-order valence-electron chi connectivity index (χ1n) is 5.86. The lowest BCUT2D eigenvalue weighted by molar-refractivity contribution is 0.886. The number of aromatic amines is 1. The lowest BCUT2D eigenvalue weighted by Gasteiger charge is -2.02. The molecule has 0 spiro atoms. The quantitative estimate of drug-likeness (QED) is 0.717. The Kier molecular flexibility index (Phi) is 2.41. The molecule has 18 heavy (non-hydrogen) atoms. The van der Waals surface area contributed by atoms with Crippen molar-refractivity contribution >= 4 is 11.0 Å². The summed E-state index contributed by atoms with van der Waals surface area (Å²) in [4.78, 5) is 4.54. The van der Waals surface area contributed by atoms with Crippen LogP contribution in [0.25, 0.3) is 22.2 Å².